The zero-order valence-electron chi connectivity index (χ0n) is 18.0. The monoisotopic (exact) mass is 436 g/mol. The molecule has 2 aliphatic rings. The summed E-state index contributed by atoms with van der Waals surface area (Å²) in [6.45, 7) is 5.75. The number of likely N-dealkylation sites (tertiary alicyclic amines) is 1. The number of imidazole rings is 1. The van der Waals surface area contributed by atoms with E-state index >= 15 is 0 Å². The first-order valence-electron chi connectivity index (χ1n) is 11.2. The van der Waals surface area contributed by atoms with Crippen molar-refractivity contribution in [2.45, 2.75) is 19.3 Å². The Morgan fingerprint density at radius 3 is 2.72 bits per heavy atom. The number of aromatic nitrogens is 4. The summed E-state index contributed by atoms with van der Waals surface area (Å²) < 4.78 is 5.43. The fourth-order valence-corrected chi connectivity index (χ4v) is 4.14. The van der Waals surface area contributed by atoms with Crippen molar-refractivity contribution < 1.29 is 9.53 Å². The van der Waals surface area contributed by atoms with Gasteiger partial charge in [0.25, 0.3) is 0 Å². The average molecular weight is 437 g/mol. The number of nitrogens with one attached hydrogen (secondary N) is 3. The van der Waals surface area contributed by atoms with E-state index in [1.807, 2.05) is 17.0 Å². The minimum Gasteiger partial charge on any atom is -0.378 e. The van der Waals surface area contributed by atoms with Crippen molar-refractivity contribution in [3.8, 4) is 0 Å². The fourth-order valence-electron chi connectivity index (χ4n) is 4.14. The summed E-state index contributed by atoms with van der Waals surface area (Å²) in [5, 5.41) is 6.65. The molecule has 5 rings (SSSR count). The lowest BCUT2D eigenvalue weighted by Gasteiger charge is -2.28. The summed E-state index contributed by atoms with van der Waals surface area (Å²) in [5.41, 5.74) is 3.49. The van der Waals surface area contributed by atoms with Crippen LogP contribution in [-0.2, 0) is 9.53 Å². The van der Waals surface area contributed by atoms with Gasteiger partial charge < -0.3 is 30.2 Å². The van der Waals surface area contributed by atoms with Crippen LogP contribution in [0.3, 0.4) is 0 Å². The maximum absolute atomic E-state index is 11.7. The number of hydrogen-bond acceptors (Lipinski definition) is 8. The molecule has 3 N–H and O–H groups in total. The largest absolute Gasteiger partial charge is 0.378 e. The highest BCUT2D eigenvalue weighted by Crippen LogP contribution is 2.25. The van der Waals surface area contributed by atoms with Gasteiger partial charge >= 0.3 is 0 Å². The van der Waals surface area contributed by atoms with Crippen molar-refractivity contribution in [2.75, 3.05) is 61.5 Å². The number of hydrogen-bond donors (Lipinski definition) is 3. The molecule has 10 nitrogen and oxygen atoms in total. The number of nitrogens with zero attached hydrogens (tertiary/aromatic N) is 5. The summed E-state index contributed by atoms with van der Waals surface area (Å²) in [5.74, 6) is 1.59. The van der Waals surface area contributed by atoms with E-state index in [4.69, 9.17) is 4.74 Å². The van der Waals surface area contributed by atoms with Crippen LogP contribution in [0.25, 0.3) is 11.2 Å². The van der Waals surface area contributed by atoms with Crippen LogP contribution < -0.4 is 15.5 Å². The zero-order valence-corrected chi connectivity index (χ0v) is 18.0. The number of ether oxygens (including phenoxy) is 1. The van der Waals surface area contributed by atoms with Crippen LogP contribution in [0.4, 0.5) is 23.1 Å². The number of benzene rings is 1. The predicted molar refractivity (Wildman–Crippen MR) is 123 cm³/mol. The zero-order chi connectivity index (χ0) is 21.8. The maximum atomic E-state index is 11.7. The van der Waals surface area contributed by atoms with Gasteiger partial charge in [0, 0.05) is 50.5 Å². The molecule has 2 aromatic heterocycles. The Hall–Kier alpha value is -3.40. The lowest BCUT2D eigenvalue weighted by atomic mass is 10.2. The highest BCUT2D eigenvalue weighted by Gasteiger charge is 2.19. The molecule has 0 saturated carbocycles. The Morgan fingerprint density at radius 1 is 1.09 bits per heavy atom. The SMILES string of the molecule is O=C1CCCN1CCCNc1nc2ncnc(Nc3ccc(N4CCOCC4)cc3)c2[nH]1. The number of anilines is 4. The van der Waals surface area contributed by atoms with Gasteiger partial charge in [0.1, 0.15) is 11.8 Å². The molecule has 10 heteroatoms. The number of carbonyl (C=O) groups is 1. The van der Waals surface area contributed by atoms with Gasteiger partial charge in [-0.1, -0.05) is 0 Å². The fraction of sp³-hybridized carbons (Fsp3) is 0.455. The minimum absolute atomic E-state index is 0.262. The molecule has 0 aliphatic carbocycles. The Bertz CT molecular complexity index is 1060. The predicted octanol–water partition coefficient (Wildman–Crippen LogP) is 2.36. The second-order valence-electron chi connectivity index (χ2n) is 8.04. The summed E-state index contributed by atoms with van der Waals surface area (Å²) in [6, 6.07) is 8.32. The second kappa shape index (κ2) is 9.39. The topological polar surface area (TPSA) is 111 Å². The van der Waals surface area contributed by atoms with Gasteiger partial charge in [-0.15, -0.1) is 0 Å². The van der Waals surface area contributed by atoms with E-state index < -0.39 is 0 Å². The van der Waals surface area contributed by atoms with E-state index in [1.165, 1.54) is 12.0 Å². The van der Waals surface area contributed by atoms with Crippen LogP contribution in [0.1, 0.15) is 19.3 Å². The molecular formula is C22H28N8O2. The van der Waals surface area contributed by atoms with Gasteiger partial charge in [-0.3, -0.25) is 4.79 Å². The summed E-state index contributed by atoms with van der Waals surface area (Å²) in [6.07, 6.45) is 4.03. The van der Waals surface area contributed by atoms with Crippen molar-refractivity contribution in [1.29, 1.82) is 0 Å². The molecule has 3 aromatic rings. The Labute approximate surface area is 186 Å². The normalized spacial score (nSPS) is 16.7. The van der Waals surface area contributed by atoms with E-state index in [0.717, 1.165) is 70.0 Å². The summed E-state index contributed by atoms with van der Waals surface area (Å²) in [4.78, 5) is 32.4. The molecule has 1 aromatic carbocycles. The lowest BCUT2D eigenvalue weighted by molar-refractivity contribution is -0.127. The van der Waals surface area contributed by atoms with E-state index in [1.54, 1.807) is 0 Å². The highest BCUT2D eigenvalue weighted by molar-refractivity contribution is 5.86. The van der Waals surface area contributed by atoms with Crippen molar-refractivity contribution >= 4 is 40.2 Å². The van der Waals surface area contributed by atoms with Gasteiger partial charge in [-0.05, 0) is 37.1 Å². The molecule has 0 spiro atoms. The van der Waals surface area contributed by atoms with Gasteiger partial charge in [0.15, 0.2) is 11.5 Å². The van der Waals surface area contributed by atoms with E-state index in [-0.39, 0.29) is 5.91 Å². The molecule has 168 valence electrons. The third-order valence-corrected chi connectivity index (χ3v) is 5.86. The molecule has 0 atom stereocenters. The van der Waals surface area contributed by atoms with Crippen molar-refractivity contribution in [2.24, 2.45) is 0 Å². The van der Waals surface area contributed by atoms with Gasteiger partial charge in [-0.2, -0.15) is 4.98 Å². The molecular weight excluding hydrogens is 408 g/mol. The van der Waals surface area contributed by atoms with Crippen LogP contribution in [0.15, 0.2) is 30.6 Å². The van der Waals surface area contributed by atoms with Crippen LogP contribution in [-0.4, -0.2) is 76.7 Å². The van der Waals surface area contributed by atoms with E-state index in [9.17, 15) is 4.79 Å². The van der Waals surface area contributed by atoms with E-state index in [2.05, 4.69) is 47.6 Å². The molecule has 0 bridgehead atoms. The first kappa shape index (κ1) is 20.5. The Morgan fingerprint density at radius 2 is 1.94 bits per heavy atom. The molecule has 0 unspecified atom stereocenters. The highest BCUT2D eigenvalue weighted by atomic mass is 16.5. The Kier molecular flexibility index (Phi) is 6.02. The number of rotatable bonds is 8. The van der Waals surface area contributed by atoms with Crippen LogP contribution >= 0.6 is 0 Å². The van der Waals surface area contributed by atoms with Crippen LogP contribution in [0, 0.1) is 0 Å². The summed E-state index contributed by atoms with van der Waals surface area (Å²) >= 11 is 0. The van der Waals surface area contributed by atoms with Crippen molar-refractivity contribution in [3.05, 3.63) is 30.6 Å². The third kappa shape index (κ3) is 4.59. The van der Waals surface area contributed by atoms with Crippen molar-refractivity contribution in [3.63, 3.8) is 0 Å². The van der Waals surface area contributed by atoms with Gasteiger partial charge in [-0.25, -0.2) is 9.97 Å². The van der Waals surface area contributed by atoms with Gasteiger partial charge in [0.05, 0.1) is 13.2 Å². The smallest absolute Gasteiger partial charge is 0.222 e. The molecule has 32 heavy (non-hydrogen) atoms. The average Bonchev–Trinajstić information content (AvgIpc) is 3.44. The molecule has 2 aliphatic heterocycles. The van der Waals surface area contributed by atoms with Crippen molar-refractivity contribution in [1.82, 2.24) is 24.8 Å². The quantitative estimate of drug-likeness (QED) is 0.462. The molecule has 2 saturated heterocycles. The number of fused-ring (bicyclic) bond motifs is 1. The molecule has 2 fully saturated rings. The number of amides is 1. The van der Waals surface area contributed by atoms with E-state index in [0.29, 0.717) is 23.8 Å². The molecule has 4 heterocycles. The number of H-pyrrole nitrogens is 1. The second-order valence-corrected chi connectivity index (χ2v) is 8.04. The number of morpholine rings is 1. The van der Waals surface area contributed by atoms with Crippen LogP contribution in [0.2, 0.25) is 0 Å². The number of carbonyl (C=O) groups excluding carboxylic acids is 1. The molecule has 1 amide bonds. The van der Waals surface area contributed by atoms with Crippen LogP contribution in [0.5, 0.6) is 0 Å². The lowest BCUT2D eigenvalue weighted by Crippen LogP contribution is -2.36. The molecule has 0 radical (unpaired) electrons. The first-order valence-corrected chi connectivity index (χ1v) is 11.2. The maximum Gasteiger partial charge on any atom is 0.222 e. The standard InChI is InChI=1S/C22H28N8O2/c31-18-3-1-9-30(18)10-2-8-23-22-27-19-20(24-15-25-21(19)28-22)26-16-4-6-17(7-5-16)29-11-13-32-14-12-29/h4-7,15H,1-3,8-14H2,(H3,23,24,25,26,27,28). The first-order chi connectivity index (χ1) is 15.8. The summed E-state index contributed by atoms with van der Waals surface area (Å²) in [7, 11) is 0. The van der Waals surface area contributed by atoms with Gasteiger partial charge in [0.2, 0.25) is 11.9 Å². The number of aromatic amines is 1. The Balaban J connectivity index is 1.20. The third-order valence-electron chi connectivity index (χ3n) is 5.86. The minimum atomic E-state index is 0.262.